The summed E-state index contributed by atoms with van der Waals surface area (Å²) in [6, 6.07) is 3.54. The highest BCUT2D eigenvalue weighted by atomic mass is 16.5. The second-order valence-corrected chi connectivity index (χ2v) is 5.81. The summed E-state index contributed by atoms with van der Waals surface area (Å²) < 4.78 is 36.0. The molecule has 0 radical (unpaired) electrons. The lowest BCUT2D eigenvalue weighted by Crippen LogP contribution is -1.99. The molecule has 0 aromatic heterocycles. The van der Waals surface area contributed by atoms with Gasteiger partial charge in [-0.2, -0.15) is 0 Å². The molecular formula is C21H30O8. The maximum Gasteiger partial charge on any atom is 0.207 e. The molecule has 2 rings (SSSR count). The number of hydrogen-bond acceptors (Lipinski definition) is 8. The molecule has 0 saturated heterocycles. The summed E-state index contributed by atoms with van der Waals surface area (Å²) in [5.41, 5.74) is 1.78. The Morgan fingerprint density at radius 1 is 0.483 bits per heavy atom. The minimum Gasteiger partial charge on any atom is -0.502 e. The quantitative estimate of drug-likeness (QED) is 0.739. The molecule has 0 unspecified atom stereocenters. The van der Waals surface area contributed by atoms with Crippen LogP contribution in [0.4, 0.5) is 0 Å². The fourth-order valence-corrected chi connectivity index (χ4v) is 2.83. The molecule has 0 spiro atoms. The first kappa shape index (κ1) is 23.9. The van der Waals surface area contributed by atoms with Crippen molar-refractivity contribution in [2.75, 3.05) is 49.8 Å². The van der Waals surface area contributed by atoms with Crippen LogP contribution < -0.4 is 33.2 Å². The lowest BCUT2D eigenvalue weighted by atomic mass is 10.1. The lowest BCUT2D eigenvalue weighted by Gasteiger charge is -2.16. The van der Waals surface area contributed by atoms with E-state index in [1.165, 1.54) is 21.3 Å². The van der Waals surface area contributed by atoms with Crippen LogP contribution >= 0.6 is 0 Å². The topological polar surface area (TPSA) is 84.8 Å². The minimum absolute atomic E-state index is 0.0440. The van der Waals surface area contributed by atoms with Crippen molar-refractivity contribution >= 4 is 0 Å². The van der Waals surface area contributed by atoms with E-state index in [-0.39, 0.29) is 5.75 Å². The Hall–Kier alpha value is -3.16. The normalized spacial score (nSPS) is 9.69. The molecule has 0 aliphatic heterocycles. The smallest absolute Gasteiger partial charge is 0.207 e. The van der Waals surface area contributed by atoms with Gasteiger partial charge in [-0.15, -0.1) is 0 Å². The van der Waals surface area contributed by atoms with E-state index in [2.05, 4.69) is 0 Å². The second-order valence-electron chi connectivity index (χ2n) is 5.81. The third-order valence-electron chi connectivity index (χ3n) is 4.16. The molecule has 0 fully saturated rings. The van der Waals surface area contributed by atoms with Gasteiger partial charge in [0.15, 0.2) is 23.0 Å². The molecule has 0 bridgehead atoms. The van der Waals surface area contributed by atoms with Crippen LogP contribution in [0.3, 0.4) is 0 Å². The largest absolute Gasteiger partial charge is 0.502 e. The predicted molar refractivity (Wildman–Crippen MR) is 110 cm³/mol. The molecule has 162 valence electrons. The maximum absolute atomic E-state index is 9.70. The van der Waals surface area contributed by atoms with Crippen LogP contribution in [0.5, 0.6) is 46.0 Å². The van der Waals surface area contributed by atoms with Crippen LogP contribution in [-0.2, 0) is 0 Å². The van der Waals surface area contributed by atoms with Crippen molar-refractivity contribution in [3.8, 4) is 46.0 Å². The number of benzene rings is 2. The van der Waals surface area contributed by atoms with Crippen molar-refractivity contribution < 1.29 is 38.3 Å². The number of aryl methyl sites for hydroxylation is 2. The number of phenolic OH excluding ortho intramolecular Hbond substituents is 1. The Kier molecular flexibility index (Phi) is 9.05. The second kappa shape index (κ2) is 11.0. The first-order valence-electron chi connectivity index (χ1n) is 8.66. The van der Waals surface area contributed by atoms with E-state index in [0.29, 0.717) is 40.2 Å². The summed E-state index contributed by atoms with van der Waals surface area (Å²) in [4.78, 5) is 0. The van der Waals surface area contributed by atoms with Crippen molar-refractivity contribution in [1.29, 1.82) is 0 Å². The molecule has 29 heavy (non-hydrogen) atoms. The third kappa shape index (κ3) is 5.01. The van der Waals surface area contributed by atoms with Gasteiger partial charge in [-0.3, -0.25) is 0 Å². The molecule has 0 amide bonds. The molecule has 0 aliphatic carbocycles. The monoisotopic (exact) mass is 410 g/mol. The minimum atomic E-state index is -0.0440. The summed E-state index contributed by atoms with van der Waals surface area (Å²) in [5.74, 6) is 3.54. The lowest BCUT2D eigenvalue weighted by molar-refractivity contribution is 0.304. The molecule has 2 aromatic rings. The molecule has 0 aliphatic rings. The Bertz CT molecular complexity index is 817. The van der Waals surface area contributed by atoms with Crippen molar-refractivity contribution in [2.45, 2.75) is 13.8 Å². The first-order chi connectivity index (χ1) is 13.8. The summed E-state index contributed by atoms with van der Waals surface area (Å²) in [6.07, 6.45) is 0. The standard InChI is InChI=1S/C11H16O4.C10H14O4/c1-7-6-8(12-2)10(14-4)11(15-5)9(7)13-3;1-6-5-7(12-2)8(11)10(14-4)9(6)13-3/h6H,1-5H3;5,11H,1-4H3. The number of hydrogen-bond donors (Lipinski definition) is 1. The van der Waals surface area contributed by atoms with E-state index >= 15 is 0 Å². The van der Waals surface area contributed by atoms with E-state index in [4.69, 9.17) is 33.2 Å². The fraction of sp³-hybridized carbons (Fsp3) is 0.429. The van der Waals surface area contributed by atoms with Gasteiger partial charge in [-0.1, -0.05) is 0 Å². The SMILES string of the molecule is COc1cc(C)c(OC)c(OC)c1O.COc1cc(C)c(OC)c(OC)c1OC. The van der Waals surface area contributed by atoms with Gasteiger partial charge in [0.2, 0.25) is 23.0 Å². The zero-order chi connectivity index (χ0) is 22.1. The Morgan fingerprint density at radius 2 is 0.862 bits per heavy atom. The number of methoxy groups -OCH3 is 7. The van der Waals surface area contributed by atoms with Gasteiger partial charge in [0, 0.05) is 0 Å². The average Bonchev–Trinajstić information content (AvgIpc) is 2.73. The van der Waals surface area contributed by atoms with Crippen LogP contribution in [-0.4, -0.2) is 54.9 Å². The zero-order valence-corrected chi connectivity index (χ0v) is 18.5. The summed E-state index contributed by atoms with van der Waals surface area (Å²) >= 11 is 0. The van der Waals surface area contributed by atoms with Gasteiger partial charge in [0.1, 0.15) is 0 Å². The van der Waals surface area contributed by atoms with Crippen LogP contribution in [0.25, 0.3) is 0 Å². The Balaban J connectivity index is 0.000000291. The summed E-state index contributed by atoms with van der Waals surface area (Å²) in [5, 5.41) is 9.70. The van der Waals surface area contributed by atoms with Crippen LogP contribution in [0, 0.1) is 13.8 Å². The van der Waals surface area contributed by atoms with Gasteiger partial charge in [0.25, 0.3) is 0 Å². The average molecular weight is 410 g/mol. The zero-order valence-electron chi connectivity index (χ0n) is 18.5. The molecule has 8 nitrogen and oxygen atoms in total. The highest BCUT2D eigenvalue weighted by molar-refractivity contribution is 5.63. The van der Waals surface area contributed by atoms with E-state index in [1.54, 1.807) is 34.5 Å². The van der Waals surface area contributed by atoms with Gasteiger partial charge in [-0.25, -0.2) is 0 Å². The summed E-state index contributed by atoms with van der Waals surface area (Å²) in [7, 11) is 10.8. The highest BCUT2D eigenvalue weighted by Gasteiger charge is 2.19. The van der Waals surface area contributed by atoms with E-state index in [1.807, 2.05) is 19.9 Å². The van der Waals surface area contributed by atoms with Gasteiger partial charge >= 0.3 is 0 Å². The van der Waals surface area contributed by atoms with Gasteiger partial charge in [-0.05, 0) is 37.1 Å². The molecule has 2 aromatic carbocycles. The van der Waals surface area contributed by atoms with Crippen molar-refractivity contribution in [1.82, 2.24) is 0 Å². The number of ether oxygens (including phenoxy) is 7. The molecule has 1 N–H and O–H groups in total. The van der Waals surface area contributed by atoms with E-state index in [9.17, 15) is 5.11 Å². The molecule has 8 heteroatoms. The number of phenols is 1. The number of aromatic hydroxyl groups is 1. The summed E-state index contributed by atoms with van der Waals surface area (Å²) in [6.45, 7) is 3.77. The molecular weight excluding hydrogens is 380 g/mol. The van der Waals surface area contributed by atoms with Crippen molar-refractivity contribution in [3.63, 3.8) is 0 Å². The maximum atomic E-state index is 9.70. The first-order valence-corrected chi connectivity index (χ1v) is 8.66. The van der Waals surface area contributed by atoms with Crippen LogP contribution in [0.15, 0.2) is 12.1 Å². The predicted octanol–water partition coefficient (Wildman–Crippen LogP) is 3.76. The van der Waals surface area contributed by atoms with E-state index < -0.39 is 0 Å². The van der Waals surface area contributed by atoms with Crippen LogP contribution in [0.2, 0.25) is 0 Å². The molecule has 0 heterocycles. The van der Waals surface area contributed by atoms with E-state index in [0.717, 1.165) is 11.1 Å². The molecule has 0 atom stereocenters. The van der Waals surface area contributed by atoms with Gasteiger partial charge < -0.3 is 38.3 Å². The Morgan fingerprint density at radius 3 is 1.24 bits per heavy atom. The van der Waals surface area contributed by atoms with Crippen molar-refractivity contribution in [2.24, 2.45) is 0 Å². The van der Waals surface area contributed by atoms with Crippen LogP contribution in [0.1, 0.15) is 11.1 Å². The third-order valence-corrected chi connectivity index (χ3v) is 4.16. The fourth-order valence-electron chi connectivity index (χ4n) is 2.83. The highest BCUT2D eigenvalue weighted by Crippen LogP contribution is 2.46. The molecule has 0 saturated carbocycles. The number of rotatable bonds is 7. The Labute approximate surface area is 171 Å². The van der Waals surface area contributed by atoms with Crippen molar-refractivity contribution in [3.05, 3.63) is 23.3 Å². The van der Waals surface area contributed by atoms with Gasteiger partial charge in [0.05, 0.1) is 49.8 Å².